The first-order valence-corrected chi connectivity index (χ1v) is 11.7. The van der Waals surface area contributed by atoms with E-state index in [0.717, 1.165) is 19.3 Å². The van der Waals surface area contributed by atoms with Crippen LogP contribution in [0, 0.1) is 39.4 Å². The summed E-state index contributed by atoms with van der Waals surface area (Å²) >= 11 is 0. The molecule has 166 valence electrons. The zero-order chi connectivity index (χ0) is 21.8. The van der Waals surface area contributed by atoms with Crippen molar-refractivity contribution >= 4 is 0 Å². The number of hydrogen-bond acceptors (Lipinski definition) is 2. The molecule has 5 unspecified atom stereocenters. The summed E-state index contributed by atoms with van der Waals surface area (Å²) in [6.07, 6.45) is 6.01. The molecule has 0 spiro atoms. The van der Waals surface area contributed by atoms with Gasteiger partial charge in [-0.25, -0.2) is 9.78 Å². The van der Waals surface area contributed by atoms with Gasteiger partial charge in [0.2, 0.25) is 0 Å². The second-order valence-electron chi connectivity index (χ2n) is 14.2. The highest BCUT2D eigenvalue weighted by Crippen LogP contribution is 2.61. The summed E-state index contributed by atoms with van der Waals surface area (Å²) in [5.41, 5.74) is 0.496. The maximum Gasteiger partial charge on any atom is 0.112 e. The third-order valence-corrected chi connectivity index (χ3v) is 7.57. The van der Waals surface area contributed by atoms with Crippen LogP contribution in [0.5, 0.6) is 0 Å². The first-order valence-electron chi connectivity index (χ1n) is 11.7. The Morgan fingerprint density at radius 3 is 1.82 bits per heavy atom. The van der Waals surface area contributed by atoms with E-state index in [1.54, 1.807) is 0 Å². The summed E-state index contributed by atoms with van der Waals surface area (Å²) in [5, 5.41) is 0. The third-order valence-electron chi connectivity index (χ3n) is 7.57. The highest BCUT2D eigenvalue weighted by atomic mass is 17.2. The van der Waals surface area contributed by atoms with Gasteiger partial charge in [-0.05, 0) is 71.5 Å². The summed E-state index contributed by atoms with van der Waals surface area (Å²) < 4.78 is 0. The molecule has 0 N–H and O–H groups in total. The van der Waals surface area contributed by atoms with Crippen molar-refractivity contribution < 1.29 is 9.78 Å². The normalized spacial score (nSPS) is 39.0. The molecule has 28 heavy (non-hydrogen) atoms. The lowest BCUT2D eigenvalue weighted by atomic mass is 9.48. The van der Waals surface area contributed by atoms with Gasteiger partial charge in [-0.3, -0.25) is 0 Å². The molecule has 0 saturated heterocycles. The van der Waals surface area contributed by atoms with Gasteiger partial charge in [-0.2, -0.15) is 0 Å². The third kappa shape index (κ3) is 5.15. The van der Waals surface area contributed by atoms with Gasteiger partial charge in [0.15, 0.2) is 0 Å². The lowest BCUT2D eigenvalue weighted by molar-refractivity contribution is -0.439. The second-order valence-corrected chi connectivity index (χ2v) is 14.2. The summed E-state index contributed by atoms with van der Waals surface area (Å²) in [4.78, 5) is 13.2. The van der Waals surface area contributed by atoms with Gasteiger partial charge in [-0.1, -0.05) is 83.1 Å². The fourth-order valence-electron chi connectivity index (χ4n) is 7.32. The predicted molar refractivity (Wildman–Crippen MR) is 120 cm³/mol. The van der Waals surface area contributed by atoms with Crippen molar-refractivity contribution in [2.75, 3.05) is 0 Å². The van der Waals surface area contributed by atoms with Crippen molar-refractivity contribution in [2.45, 2.75) is 127 Å². The molecule has 2 saturated carbocycles. The molecule has 2 heteroatoms. The minimum atomic E-state index is -0.281. The highest BCUT2D eigenvalue weighted by molar-refractivity contribution is 5.08. The van der Waals surface area contributed by atoms with Gasteiger partial charge < -0.3 is 0 Å². The van der Waals surface area contributed by atoms with E-state index in [0.29, 0.717) is 23.2 Å². The van der Waals surface area contributed by atoms with Gasteiger partial charge >= 0.3 is 0 Å². The van der Waals surface area contributed by atoms with Crippen molar-refractivity contribution in [2.24, 2.45) is 39.4 Å². The Balaban J connectivity index is 2.38. The highest BCUT2D eigenvalue weighted by Gasteiger charge is 2.61. The Labute approximate surface area is 176 Å². The van der Waals surface area contributed by atoms with Crippen LogP contribution in [0.2, 0.25) is 0 Å². The molecular formula is C26H50O2. The molecule has 0 radical (unpaired) electrons. The van der Waals surface area contributed by atoms with Crippen molar-refractivity contribution in [1.29, 1.82) is 0 Å². The van der Waals surface area contributed by atoms with Gasteiger partial charge in [0.25, 0.3) is 0 Å². The molecule has 2 nitrogen and oxygen atoms in total. The molecule has 5 atom stereocenters. The molecule has 0 aromatic carbocycles. The van der Waals surface area contributed by atoms with Crippen LogP contribution in [0.3, 0.4) is 0 Å². The Hall–Kier alpha value is -0.0800. The standard InChI is InChI=1S/C26H50O2/c1-18-13-20(16-24(9,10)14-18)27-28-26(23(6,7)8)17-25(11,12)15-19(2)21(26)22(3,4)5/h18-21H,13-17H2,1-12H3. The molecule has 2 rings (SSSR count). The topological polar surface area (TPSA) is 18.5 Å². The molecule has 2 aliphatic rings. The quantitative estimate of drug-likeness (QED) is 0.356. The first kappa shape index (κ1) is 24.2. The number of hydrogen-bond donors (Lipinski definition) is 0. The van der Waals surface area contributed by atoms with E-state index in [-0.39, 0.29) is 27.9 Å². The maximum absolute atomic E-state index is 6.76. The van der Waals surface area contributed by atoms with E-state index in [1.807, 2.05) is 0 Å². The lowest BCUT2D eigenvalue weighted by Crippen LogP contribution is -2.62. The van der Waals surface area contributed by atoms with E-state index < -0.39 is 0 Å². The minimum Gasteiger partial charge on any atom is -0.233 e. The predicted octanol–water partition coefficient (Wildman–Crippen LogP) is 8.05. The zero-order valence-electron chi connectivity index (χ0n) is 21.2. The SMILES string of the molecule is CC1CC(OOC2(C(C)(C)C)CC(C)(C)CC(C)C2C(C)(C)C)CC(C)(C)C1. The number of rotatable bonds is 3. The second kappa shape index (κ2) is 7.56. The smallest absolute Gasteiger partial charge is 0.112 e. The fourth-order valence-corrected chi connectivity index (χ4v) is 7.32. The molecule has 0 aromatic rings. The molecule has 2 fully saturated rings. The summed E-state index contributed by atoms with van der Waals surface area (Å²) in [6, 6.07) is 0. The van der Waals surface area contributed by atoms with Crippen LogP contribution in [-0.2, 0) is 9.78 Å². The molecule has 0 heterocycles. The van der Waals surface area contributed by atoms with Crippen LogP contribution in [0.15, 0.2) is 0 Å². The van der Waals surface area contributed by atoms with Gasteiger partial charge in [0.1, 0.15) is 5.60 Å². The average molecular weight is 395 g/mol. The van der Waals surface area contributed by atoms with E-state index in [9.17, 15) is 0 Å². The summed E-state index contributed by atoms with van der Waals surface area (Å²) in [5.74, 6) is 1.76. The van der Waals surface area contributed by atoms with Crippen LogP contribution in [-0.4, -0.2) is 11.7 Å². The monoisotopic (exact) mass is 394 g/mol. The van der Waals surface area contributed by atoms with E-state index in [2.05, 4.69) is 83.1 Å². The molecular weight excluding hydrogens is 344 g/mol. The molecule has 0 bridgehead atoms. The molecule has 0 aromatic heterocycles. The van der Waals surface area contributed by atoms with Crippen molar-refractivity contribution in [1.82, 2.24) is 0 Å². The van der Waals surface area contributed by atoms with E-state index in [4.69, 9.17) is 9.78 Å². The molecule has 0 aliphatic heterocycles. The Morgan fingerprint density at radius 2 is 1.36 bits per heavy atom. The summed E-state index contributed by atoms with van der Waals surface area (Å²) in [6.45, 7) is 28.6. The lowest BCUT2D eigenvalue weighted by Gasteiger charge is -2.61. The van der Waals surface area contributed by atoms with E-state index >= 15 is 0 Å². The van der Waals surface area contributed by atoms with Crippen molar-refractivity contribution in [3.63, 3.8) is 0 Å². The van der Waals surface area contributed by atoms with Gasteiger partial charge in [0.05, 0.1) is 6.10 Å². The minimum absolute atomic E-state index is 0.00664. The van der Waals surface area contributed by atoms with Crippen LogP contribution in [0.1, 0.15) is 115 Å². The van der Waals surface area contributed by atoms with Crippen LogP contribution in [0.25, 0.3) is 0 Å². The van der Waals surface area contributed by atoms with Crippen LogP contribution >= 0.6 is 0 Å². The zero-order valence-corrected chi connectivity index (χ0v) is 21.2. The first-order chi connectivity index (χ1) is 12.4. The summed E-state index contributed by atoms with van der Waals surface area (Å²) in [7, 11) is 0. The Kier molecular flexibility index (Phi) is 6.53. The van der Waals surface area contributed by atoms with E-state index in [1.165, 1.54) is 12.8 Å². The molecule has 0 amide bonds. The Bertz CT molecular complexity index is 534. The fraction of sp³-hybridized carbons (Fsp3) is 1.00. The van der Waals surface area contributed by atoms with Crippen molar-refractivity contribution in [3.8, 4) is 0 Å². The molecule has 2 aliphatic carbocycles. The largest absolute Gasteiger partial charge is 0.233 e. The van der Waals surface area contributed by atoms with Crippen LogP contribution in [0.4, 0.5) is 0 Å². The van der Waals surface area contributed by atoms with Gasteiger partial charge in [0, 0.05) is 0 Å². The van der Waals surface area contributed by atoms with Crippen LogP contribution < -0.4 is 0 Å². The van der Waals surface area contributed by atoms with Crippen molar-refractivity contribution in [3.05, 3.63) is 0 Å². The average Bonchev–Trinajstić information content (AvgIpc) is 2.37. The Morgan fingerprint density at radius 1 is 0.786 bits per heavy atom. The van der Waals surface area contributed by atoms with Gasteiger partial charge in [-0.15, -0.1) is 0 Å². The maximum atomic E-state index is 6.76.